The number of amides is 1. The van der Waals surface area contributed by atoms with Gasteiger partial charge in [-0.05, 0) is 36.8 Å². The molecule has 0 saturated carbocycles. The van der Waals surface area contributed by atoms with Crippen LogP contribution in [0.1, 0.15) is 22.8 Å². The number of carbonyl (C=O) groups excluding carboxylic acids is 1. The first-order valence-electron chi connectivity index (χ1n) is 8.98. The van der Waals surface area contributed by atoms with E-state index in [-0.39, 0.29) is 23.4 Å². The van der Waals surface area contributed by atoms with Crippen LogP contribution in [0.4, 0.5) is 5.69 Å². The zero-order valence-electron chi connectivity index (χ0n) is 15.7. The number of hydrogen-bond acceptors (Lipinski definition) is 4. The highest BCUT2D eigenvalue weighted by molar-refractivity contribution is 7.92. The van der Waals surface area contributed by atoms with Crippen molar-refractivity contribution in [2.24, 2.45) is 0 Å². The predicted molar refractivity (Wildman–Crippen MR) is 110 cm³/mol. The van der Waals surface area contributed by atoms with Gasteiger partial charge in [-0.1, -0.05) is 24.3 Å². The van der Waals surface area contributed by atoms with Gasteiger partial charge < -0.3 is 15.4 Å². The number of sulfonamides is 1. The summed E-state index contributed by atoms with van der Waals surface area (Å²) >= 11 is 0. The van der Waals surface area contributed by atoms with Crippen molar-refractivity contribution in [3.63, 3.8) is 0 Å². The van der Waals surface area contributed by atoms with E-state index >= 15 is 0 Å². The monoisotopic (exact) mass is 415 g/mol. The van der Waals surface area contributed by atoms with E-state index < -0.39 is 27.9 Å². The third-order valence-corrected chi connectivity index (χ3v) is 5.79. The molecule has 2 aromatic carbocycles. The van der Waals surface area contributed by atoms with Crippen LogP contribution in [0.25, 0.3) is 10.9 Å². The number of carboxylic acid groups (broad SMARTS) is 1. The Morgan fingerprint density at radius 2 is 1.90 bits per heavy atom. The fourth-order valence-electron chi connectivity index (χ4n) is 2.94. The van der Waals surface area contributed by atoms with Crippen LogP contribution < -0.4 is 10.0 Å². The molecule has 0 spiro atoms. The van der Waals surface area contributed by atoms with Crippen molar-refractivity contribution in [2.75, 3.05) is 10.5 Å². The topological polar surface area (TPSA) is 128 Å². The number of aromatic nitrogens is 1. The summed E-state index contributed by atoms with van der Waals surface area (Å²) in [4.78, 5) is 27.4. The van der Waals surface area contributed by atoms with Crippen LogP contribution in [0.5, 0.6) is 0 Å². The molecular weight excluding hydrogens is 394 g/mol. The van der Waals surface area contributed by atoms with Crippen LogP contribution in [0.3, 0.4) is 0 Å². The summed E-state index contributed by atoms with van der Waals surface area (Å²) < 4.78 is 25.8. The van der Waals surface area contributed by atoms with E-state index in [1.54, 1.807) is 6.20 Å². The Balaban J connectivity index is 1.77. The van der Waals surface area contributed by atoms with Crippen LogP contribution in [0.15, 0.2) is 54.7 Å². The molecule has 0 aliphatic carbocycles. The third kappa shape index (κ3) is 4.94. The van der Waals surface area contributed by atoms with E-state index in [1.807, 2.05) is 24.3 Å². The second kappa shape index (κ2) is 8.36. The molecule has 9 heteroatoms. The van der Waals surface area contributed by atoms with Crippen molar-refractivity contribution < 1.29 is 23.1 Å². The van der Waals surface area contributed by atoms with E-state index in [9.17, 15) is 23.1 Å². The van der Waals surface area contributed by atoms with Crippen molar-refractivity contribution in [1.82, 2.24) is 10.3 Å². The Morgan fingerprint density at radius 3 is 2.62 bits per heavy atom. The summed E-state index contributed by atoms with van der Waals surface area (Å²) in [5, 5.41) is 13.0. The number of rotatable bonds is 8. The van der Waals surface area contributed by atoms with Gasteiger partial charge in [0.05, 0.1) is 5.75 Å². The second-order valence-electron chi connectivity index (χ2n) is 6.51. The Bertz CT molecular complexity index is 1150. The third-order valence-electron chi connectivity index (χ3n) is 4.48. The number of aromatic amines is 1. The average molecular weight is 415 g/mol. The highest BCUT2D eigenvalue weighted by Gasteiger charge is 2.23. The highest BCUT2D eigenvalue weighted by atomic mass is 32.2. The first kappa shape index (κ1) is 20.4. The van der Waals surface area contributed by atoms with Crippen molar-refractivity contribution in [3.8, 4) is 0 Å². The Hall–Kier alpha value is -3.33. The van der Waals surface area contributed by atoms with Gasteiger partial charge in [0.2, 0.25) is 10.0 Å². The smallest absolute Gasteiger partial charge is 0.326 e. The zero-order valence-corrected chi connectivity index (χ0v) is 16.5. The van der Waals surface area contributed by atoms with Crippen LogP contribution in [-0.4, -0.2) is 42.2 Å². The minimum Gasteiger partial charge on any atom is -0.480 e. The molecule has 29 heavy (non-hydrogen) atoms. The van der Waals surface area contributed by atoms with Gasteiger partial charge in [-0.25, -0.2) is 13.2 Å². The molecule has 0 radical (unpaired) electrons. The molecule has 0 bridgehead atoms. The molecule has 0 unspecified atom stereocenters. The van der Waals surface area contributed by atoms with Crippen molar-refractivity contribution in [1.29, 1.82) is 0 Å². The van der Waals surface area contributed by atoms with E-state index in [0.717, 1.165) is 16.5 Å². The summed E-state index contributed by atoms with van der Waals surface area (Å²) in [6.45, 7) is 1.50. The second-order valence-corrected chi connectivity index (χ2v) is 8.53. The Kier molecular flexibility index (Phi) is 5.88. The van der Waals surface area contributed by atoms with Crippen LogP contribution in [0, 0.1) is 0 Å². The summed E-state index contributed by atoms with van der Waals surface area (Å²) in [5.74, 6) is -1.86. The number of H-pyrrole nitrogens is 1. The van der Waals surface area contributed by atoms with Gasteiger partial charge in [0.25, 0.3) is 5.91 Å². The maximum atomic E-state index is 12.6. The number of fused-ring (bicyclic) bond motifs is 1. The molecule has 0 fully saturated rings. The van der Waals surface area contributed by atoms with E-state index in [1.165, 1.54) is 31.2 Å². The first-order valence-corrected chi connectivity index (χ1v) is 10.6. The lowest BCUT2D eigenvalue weighted by Gasteiger charge is -2.15. The molecule has 1 atom stereocenters. The first-order chi connectivity index (χ1) is 13.8. The van der Waals surface area contributed by atoms with E-state index in [0.29, 0.717) is 0 Å². The van der Waals surface area contributed by atoms with Crippen molar-refractivity contribution in [3.05, 3.63) is 65.9 Å². The quantitative estimate of drug-likeness (QED) is 0.449. The number of nitrogens with one attached hydrogen (secondary N) is 3. The van der Waals surface area contributed by atoms with Gasteiger partial charge in [-0.15, -0.1) is 0 Å². The number of anilines is 1. The van der Waals surface area contributed by atoms with Gasteiger partial charge in [0.1, 0.15) is 6.04 Å². The predicted octanol–water partition coefficient (Wildman–Crippen LogP) is 2.36. The summed E-state index contributed by atoms with van der Waals surface area (Å²) in [6.07, 6.45) is 1.83. The van der Waals surface area contributed by atoms with Gasteiger partial charge >= 0.3 is 5.97 Å². The molecule has 1 amide bonds. The largest absolute Gasteiger partial charge is 0.480 e. The van der Waals surface area contributed by atoms with Gasteiger partial charge in [-0.2, -0.15) is 0 Å². The lowest BCUT2D eigenvalue weighted by Crippen LogP contribution is -2.42. The molecule has 0 aliphatic heterocycles. The molecule has 3 rings (SSSR count). The average Bonchev–Trinajstić information content (AvgIpc) is 3.10. The van der Waals surface area contributed by atoms with Crippen LogP contribution in [-0.2, 0) is 21.2 Å². The molecule has 3 aromatic rings. The summed E-state index contributed by atoms with van der Waals surface area (Å²) in [7, 11) is -3.49. The summed E-state index contributed by atoms with van der Waals surface area (Å²) in [6, 6.07) is 12.3. The van der Waals surface area contributed by atoms with E-state index in [4.69, 9.17) is 0 Å². The molecular formula is C20H21N3O5S. The highest BCUT2D eigenvalue weighted by Crippen LogP contribution is 2.19. The van der Waals surface area contributed by atoms with Crippen molar-refractivity contribution in [2.45, 2.75) is 19.4 Å². The van der Waals surface area contributed by atoms with Crippen LogP contribution in [0.2, 0.25) is 0 Å². The fourth-order valence-corrected chi connectivity index (χ4v) is 3.57. The summed E-state index contributed by atoms with van der Waals surface area (Å²) in [5.41, 5.74) is 2.06. The molecule has 0 aliphatic rings. The van der Waals surface area contributed by atoms with Gasteiger partial charge in [0, 0.05) is 34.8 Å². The lowest BCUT2D eigenvalue weighted by atomic mass is 10.0. The molecule has 0 saturated heterocycles. The number of carboxylic acids is 1. The van der Waals surface area contributed by atoms with Crippen LogP contribution >= 0.6 is 0 Å². The molecule has 8 nitrogen and oxygen atoms in total. The molecule has 1 heterocycles. The minimum absolute atomic E-state index is 0.102. The van der Waals surface area contributed by atoms with Gasteiger partial charge in [-0.3, -0.25) is 9.52 Å². The van der Waals surface area contributed by atoms with Crippen molar-refractivity contribution >= 4 is 38.5 Å². The Labute approximate surface area is 168 Å². The number of para-hydroxylation sites is 1. The lowest BCUT2D eigenvalue weighted by molar-refractivity contribution is -0.139. The standard InChI is InChI=1S/C20H21N3O5S/c1-2-29(27,28)23-15-7-5-6-13(10-15)19(24)22-18(20(25)26)11-14-12-21-17-9-4-3-8-16(14)17/h3-10,12,18,21,23H,2,11H2,1H3,(H,22,24)(H,25,26)/t18-/m1/s1. The number of aliphatic carboxylic acids is 1. The maximum Gasteiger partial charge on any atom is 0.326 e. The molecule has 4 N–H and O–H groups in total. The zero-order chi connectivity index (χ0) is 21.0. The molecule has 152 valence electrons. The molecule has 1 aromatic heterocycles. The normalized spacial score (nSPS) is 12.4. The number of carbonyl (C=O) groups is 2. The Morgan fingerprint density at radius 1 is 1.14 bits per heavy atom. The van der Waals surface area contributed by atoms with Gasteiger partial charge in [0.15, 0.2) is 0 Å². The number of benzene rings is 2. The maximum absolute atomic E-state index is 12.6. The fraction of sp³-hybridized carbons (Fsp3) is 0.200. The minimum atomic E-state index is -3.49. The SMILES string of the molecule is CCS(=O)(=O)Nc1cccc(C(=O)N[C@H](Cc2c[nH]c3ccccc23)C(=O)O)c1. The van der Waals surface area contributed by atoms with E-state index in [2.05, 4.69) is 15.0 Å². The number of hydrogen-bond donors (Lipinski definition) is 4.